The van der Waals surface area contributed by atoms with Crippen LogP contribution in [0.4, 0.5) is 17.1 Å². The third-order valence-corrected chi connectivity index (χ3v) is 4.32. The Hall–Kier alpha value is -2.11. The van der Waals surface area contributed by atoms with Crippen LogP contribution in [0.25, 0.3) is 0 Å². The number of nitrogen functional groups attached to an aromatic ring is 1. The number of nitrogens with one attached hydrogen (secondary N) is 1. The van der Waals surface area contributed by atoms with E-state index in [4.69, 9.17) is 33.7 Å². The summed E-state index contributed by atoms with van der Waals surface area (Å²) in [7, 11) is 0. The average Bonchev–Trinajstić information content (AvgIpc) is 2.52. The molecule has 3 rings (SSSR count). The molecule has 0 unspecified atom stereocenters. The van der Waals surface area contributed by atoms with Crippen molar-refractivity contribution in [2.24, 2.45) is 0 Å². The first kappa shape index (κ1) is 15.8. The average molecular weight is 352 g/mol. The smallest absolute Gasteiger partial charge is 0.243 e. The second-order valence-electron chi connectivity index (χ2n) is 5.15. The van der Waals surface area contributed by atoms with Crippen molar-refractivity contribution in [2.75, 3.05) is 35.6 Å². The maximum absolute atomic E-state index is 12.3. The lowest BCUT2D eigenvalue weighted by molar-refractivity contribution is -0.115. The topological polar surface area (TPSA) is 67.6 Å². The quantitative estimate of drug-likeness (QED) is 0.831. The highest BCUT2D eigenvalue weighted by Gasteiger charge is 2.21. The Kier molecular flexibility index (Phi) is 4.50. The van der Waals surface area contributed by atoms with E-state index in [0.717, 1.165) is 5.69 Å². The number of hydrogen-bond acceptors (Lipinski definition) is 4. The van der Waals surface area contributed by atoms with E-state index in [-0.39, 0.29) is 12.5 Å². The summed E-state index contributed by atoms with van der Waals surface area (Å²) in [5.74, 6) is 0.503. The first-order valence-electron chi connectivity index (χ1n) is 7.06. The molecule has 0 spiro atoms. The minimum atomic E-state index is -0.182. The van der Waals surface area contributed by atoms with Crippen LogP contribution >= 0.6 is 23.2 Å². The summed E-state index contributed by atoms with van der Waals surface area (Å²) in [4.78, 5) is 14.2. The standard InChI is InChI=1S/C16H15Cl2N3O2/c17-11-2-1-3-12(16(11)18)20-15(22)9-21-6-7-23-14-8-10(19)4-5-13(14)21/h1-5,8H,6-7,9,19H2,(H,20,22). The molecule has 0 atom stereocenters. The Bertz CT molecular complexity index is 752. The van der Waals surface area contributed by atoms with Crippen LogP contribution in [0, 0.1) is 0 Å². The van der Waals surface area contributed by atoms with Gasteiger partial charge in [-0.25, -0.2) is 0 Å². The molecule has 7 heteroatoms. The SMILES string of the molecule is Nc1ccc2c(c1)OCCN2CC(=O)Nc1cccc(Cl)c1Cl. The molecule has 3 N–H and O–H groups in total. The van der Waals surface area contributed by atoms with Gasteiger partial charge in [-0.1, -0.05) is 29.3 Å². The molecule has 120 valence electrons. The normalized spacial score (nSPS) is 13.2. The molecule has 23 heavy (non-hydrogen) atoms. The van der Waals surface area contributed by atoms with E-state index in [1.165, 1.54) is 0 Å². The molecule has 0 radical (unpaired) electrons. The van der Waals surface area contributed by atoms with Crippen LogP contribution in [0.1, 0.15) is 0 Å². The highest BCUT2D eigenvalue weighted by atomic mass is 35.5. The fraction of sp³-hybridized carbons (Fsp3) is 0.188. The second kappa shape index (κ2) is 6.56. The molecule has 5 nitrogen and oxygen atoms in total. The number of fused-ring (bicyclic) bond motifs is 1. The molecule has 2 aromatic carbocycles. The van der Waals surface area contributed by atoms with Crippen molar-refractivity contribution in [3.8, 4) is 5.75 Å². The monoisotopic (exact) mass is 351 g/mol. The van der Waals surface area contributed by atoms with Gasteiger partial charge >= 0.3 is 0 Å². The summed E-state index contributed by atoms with van der Waals surface area (Å²) in [6.07, 6.45) is 0. The number of carbonyl (C=O) groups excluding carboxylic acids is 1. The summed E-state index contributed by atoms with van der Waals surface area (Å²) in [6.45, 7) is 1.30. The maximum atomic E-state index is 12.3. The lowest BCUT2D eigenvalue weighted by Gasteiger charge is -2.30. The van der Waals surface area contributed by atoms with Gasteiger partial charge in [-0.2, -0.15) is 0 Å². The predicted octanol–water partition coefficient (Wildman–Crippen LogP) is 3.41. The van der Waals surface area contributed by atoms with Gasteiger partial charge in [0.15, 0.2) is 0 Å². The van der Waals surface area contributed by atoms with E-state index in [9.17, 15) is 4.79 Å². The van der Waals surface area contributed by atoms with Crippen molar-refractivity contribution in [1.82, 2.24) is 0 Å². The highest BCUT2D eigenvalue weighted by Crippen LogP contribution is 2.33. The lowest BCUT2D eigenvalue weighted by Crippen LogP contribution is -2.38. The summed E-state index contributed by atoms with van der Waals surface area (Å²) < 4.78 is 5.58. The zero-order valence-corrected chi connectivity index (χ0v) is 13.7. The second-order valence-corrected chi connectivity index (χ2v) is 5.93. The van der Waals surface area contributed by atoms with Crippen LogP contribution in [0.2, 0.25) is 10.0 Å². The number of amides is 1. The fourth-order valence-corrected chi connectivity index (χ4v) is 2.77. The third kappa shape index (κ3) is 3.46. The summed E-state index contributed by atoms with van der Waals surface area (Å²) in [6, 6.07) is 10.5. The van der Waals surface area contributed by atoms with E-state index in [1.54, 1.807) is 30.3 Å². The van der Waals surface area contributed by atoms with Gasteiger partial charge in [0, 0.05) is 11.8 Å². The minimum Gasteiger partial charge on any atom is -0.489 e. The number of nitrogens with two attached hydrogens (primary N) is 1. The minimum absolute atomic E-state index is 0.182. The molecule has 1 aliphatic rings. The highest BCUT2D eigenvalue weighted by molar-refractivity contribution is 6.44. The Morgan fingerprint density at radius 2 is 2.13 bits per heavy atom. The van der Waals surface area contributed by atoms with Crippen molar-refractivity contribution in [3.63, 3.8) is 0 Å². The Balaban J connectivity index is 1.73. The van der Waals surface area contributed by atoms with Crippen LogP contribution in [-0.2, 0) is 4.79 Å². The fourth-order valence-electron chi connectivity index (χ4n) is 2.42. The molecule has 0 bridgehead atoms. The van der Waals surface area contributed by atoms with Crippen molar-refractivity contribution >= 4 is 46.2 Å². The number of rotatable bonds is 3. The first-order valence-corrected chi connectivity index (χ1v) is 7.81. The van der Waals surface area contributed by atoms with Gasteiger partial charge in [0.1, 0.15) is 12.4 Å². The van der Waals surface area contributed by atoms with Crippen LogP contribution in [0.15, 0.2) is 36.4 Å². The third-order valence-electron chi connectivity index (χ3n) is 3.50. The summed E-state index contributed by atoms with van der Waals surface area (Å²) in [5.41, 5.74) is 7.72. The van der Waals surface area contributed by atoms with Gasteiger partial charge in [0.25, 0.3) is 0 Å². The molecule has 0 aromatic heterocycles. The number of carbonyl (C=O) groups is 1. The molecule has 2 aromatic rings. The van der Waals surface area contributed by atoms with Gasteiger partial charge in [-0.05, 0) is 24.3 Å². The number of halogens is 2. The van der Waals surface area contributed by atoms with E-state index >= 15 is 0 Å². The van der Waals surface area contributed by atoms with Crippen molar-refractivity contribution < 1.29 is 9.53 Å². The number of hydrogen-bond donors (Lipinski definition) is 2. The van der Waals surface area contributed by atoms with Gasteiger partial charge < -0.3 is 20.7 Å². The van der Waals surface area contributed by atoms with Crippen LogP contribution in [0.5, 0.6) is 5.75 Å². The Morgan fingerprint density at radius 1 is 1.30 bits per heavy atom. The molecule has 0 aliphatic carbocycles. The van der Waals surface area contributed by atoms with Crippen LogP contribution < -0.4 is 20.7 Å². The summed E-state index contributed by atoms with van der Waals surface area (Å²) >= 11 is 12.0. The van der Waals surface area contributed by atoms with Crippen molar-refractivity contribution in [3.05, 3.63) is 46.4 Å². The predicted molar refractivity (Wildman–Crippen MR) is 93.7 cm³/mol. The first-order chi connectivity index (χ1) is 11.0. The van der Waals surface area contributed by atoms with E-state index in [0.29, 0.717) is 40.3 Å². The zero-order chi connectivity index (χ0) is 16.4. The molecular formula is C16H15Cl2N3O2. The summed E-state index contributed by atoms with van der Waals surface area (Å²) in [5, 5.41) is 3.51. The van der Waals surface area contributed by atoms with Crippen LogP contribution in [0.3, 0.4) is 0 Å². The number of nitrogens with zero attached hydrogens (tertiary/aromatic N) is 1. The molecule has 0 fully saturated rings. The van der Waals surface area contributed by atoms with Gasteiger partial charge in [0.2, 0.25) is 5.91 Å². The van der Waals surface area contributed by atoms with Crippen molar-refractivity contribution in [2.45, 2.75) is 0 Å². The Labute approximate surface area is 143 Å². The van der Waals surface area contributed by atoms with Gasteiger partial charge in [0.05, 0.1) is 34.5 Å². The number of anilines is 3. The van der Waals surface area contributed by atoms with E-state index in [1.807, 2.05) is 11.0 Å². The molecule has 1 heterocycles. The molecule has 0 saturated heterocycles. The van der Waals surface area contributed by atoms with Crippen molar-refractivity contribution in [1.29, 1.82) is 0 Å². The largest absolute Gasteiger partial charge is 0.489 e. The molecule has 0 saturated carbocycles. The molecular weight excluding hydrogens is 337 g/mol. The zero-order valence-electron chi connectivity index (χ0n) is 12.2. The molecule has 1 aliphatic heterocycles. The Morgan fingerprint density at radius 3 is 2.96 bits per heavy atom. The molecule has 1 amide bonds. The number of benzene rings is 2. The van der Waals surface area contributed by atoms with Crippen LogP contribution in [-0.4, -0.2) is 25.6 Å². The maximum Gasteiger partial charge on any atom is 0.243 e. The number of ether oxygens (including phenoxy) is 1. The van der Waals surface area contributed by atoms with Gasteiger partial charge in [-0.15, -0.1) is 0 Å². The van der Waals surface area contributed by atoms with Gasteiger partial charge in [-0.3, -0.25) is 4.79 Å². The van der Waals surface area contributed by atoms with E-state index in [2.05, 4.69) is 5.32 Å². The lowest BCUT2D eigenvalue weighted by atomic mass is 10.2. The van der Waals surface area contributed by atoms with E-state index < -0.39 is 0 Å².